The summed E-state index contributed by atoms with van der Waals surface area (Å²) in [6, 6.07) is 4.17. The van der Waals surface area contributed by atoms with Crippen molar-refractivity contribution in [2.45, 2.75) is 19.9 Å². The van der Waals surface area contributed by atoms with Gasteiger partial charge in [0.15, 0.2) is 0 Å². The van der Waals surface area contributed by atoms with Crippen LogP contribution in [0.4, 0.5) is 5.82 Å². The molecule has 1 aromatic heterocycles. The van der Waals surface area contributed by atoms with Crippen molar-refractivity contribution < 1.29 is 0 Å². The summed E-state index contributed by atoms with van der Waals surface area (Å²) >= 11 is 7.99. The predicted octanol–water partition coefficient (Wildman–Crippen LogP) is 3.16. The first-order chi connectivity index (χ1) is 5.58. The van der Waals surface area contributed by atoms with Gasteiger partial charge in [-0.1, -0.05) is 11.6 Å². The zero-order valence-electron chi connectivity index (χ0n) is 6.94. The summed E-state index contributed by atoms with van der Waals surface area (Å²) in [7, 11) is 0. The van der Waals surface area contributed by atoms with Crippen LogP contribution in [0.5, 0.6) is 0 Å². The number of halogens is 2. The zero-order valence-corrected chi connectivity index (χ0v) is 9.85. The minimum absolute atomic E-state index is 0.381. The number of rotatable bonds is 2. The molecule has 0 aliphatic heterocycles. The van der Waals surface area contributed by atoms with Gasteiger partial charge < -0.3 is 5.32 Å². The van der Waals surface area contributed by atoms with E-state index in [0.717, 1.165) is 9.39 Å². The third-order valence-electron chi connectivity index (χ3n) is 1.20. The van der Waals surface area contributed by atoms with Crippen molar-refractivity contribution in [2.75, 3.05) is 5.32 Å². The molecule has 4 heteroatoms. The van der Waals surface area contributed by atoms with Crippen molar-refractivity contribution >= 4 is 40.0 Å². The average Bonchev–Trinajstić information content (AvgIpc) is 1.81. The van der Waals surface area contributed by atoms with Gasteiger partial charge in [-0.05, 0) is 48.6 Å². The van der Waals surface area contributed by atoms with E-state index in [-0.39, 0.29) is 0 Å². The molecule has 0 bridgehead atoms. The molecule has 0 amide bonds. The van der Waals surface area contributed by atoms with E-state index in [2.05, 4.69) is 46.7 Å². The molecule has 0 aliphatic rings. The summed E-state index contributed by atoms with van der Waals surface area (Å²) in [4.78, 5) is 4.12. The van der Waals surface area contributed by atoms with Crippen LogP contribution in [0.1, 0.15) is 13.8 Å². The highest BCUT2D eigenvalue weighted by Gasteiger charge is 1.99. The summed E-state index contributed by atoms with van der Waals surface area (Å²) in [5.41, 5.74) is 0. The molecular weight excluding hydrogens is 286 g/mol. The van der Waals surface area contributed by atoms with Gasteiger partial charge in [-0.3, -0.25) is 0 Å². The minimum atomic E-state index is 0.381. The Morgan fingerprint density at radius 3 is 2.67 bits per heavy atom. The first-order valence-electron chi connectivity index (χ1n) is 3.67. The van der Waals surface area contributed by atoms with E-state index < -0.39 is 0 Å². The maximum Gasteiger partial charge on any atom is 0.132 e. The molecule has 0 unspecified atom stereocenters. The quantitative estimate of drug-likeness (QED) is 0.670. The fourth-order valence-corrected chi connectivity index (χ4v) is 1.82. The van der Waals surface area contributed by atoms with E-state index in [0.29, 0.717) is 11.2 Å². The van der Waals surface area contributed by atoms with Crippen LogP contribution >= 0.6 is 34.2 Å². The smallest absolute Gasteiger partial charge is 0.132 e. The molecule has 1 aromatic rings. The van der Waals surface area contributed by atoms with Crippen molar-refractivity contribution in [3.05, 3.63) is 20.9 Å². The largest absolute Gasteiger partial charge is 0.368 e. The number of nitrogens with one attached hydrogen (secondary N) is 1. The number of nitrogens with zero attached hydrogens (tertiary/aromatic N) is 1. The highest BCUT2D eigenvalue weighted by Crippen LogP contribution is 2.16. The number of anilines is 1. The Kier molecular flexibility index (Phi) is 3.58. The second-order valence-corrected chi connectivity index (χ2v) is 4.43. The van der Waals surface area contributed by atoms with Gasteiger partial charge in [-0.2, -0.15) is 0 Å². The molecular formula is C8H10ClIN2. The van der Waals surface area contributed by atoms with E-state index in [1.165, 1.54) is 0 Å². The standard InChI is InChI=1S/C8H10ClIN2/c1-5(2)11-8-4-6(10)3-7(9)12-8/h3-5H,1-2H3,(H,11,12). The van der Waals surface area contributed by atoms with E-state index in [1.54, 1.807) is 0 Å². The number of hydrogen-bond donors (Lipinski definition) is 1. The molecule has 2 nitrogen and oxygen atoms in total. The van der Waals surface area contributed by atoms with Crippen LogP contribution in [-0.2, 0) is 0 Å². The normalized spacial score (nSPS) is 10.4. The molecule has 0 aromatic carbocycles. The molecule has 12 heavy (non-hydrogen) atoms. The fourth-order valence-electron chi connectivity index (χ4n) is 0.835. The third kappa shape index (κ3) is 3.15. The number of hydrogen-bond acceptors (Lipinski definition) is 2. The Hall–Kier alpha value is -0.0300. The fraction of sp³-hybridized carbons (Fsp3) is 0.375. The molecule has 66 valence electrons. The molecule has 1 heterocycles. The average molecular weight is 297 g/mol. The Balaban J connectivity index is 2.85. The zero-order chi connectivity index (χ0) is 9.14. The van der Waals surface area contributed by atoms with Crippen LogP contribution in [0.15, 0.2) is 12.1 Å². The molecule has 0 spiro atoms. The lowest BCUT2D eigenvalue weighted by molar-refractivity contribution is 0.889. The van der Waals surface area contributed by atoms with Crippen LogP contribution in [0.3, 0.4) is 0 Å². The molecule has 1 N–H and O–H groups in total. The summed E-state index contributed by atoms with van der Waals surface area (Å²) in [5.74, 6) is 0.835. The molecule has 0 atom stereocenters. The number of pyridine rings is 1. The van der Waals surface area contributed by atoms with Gasteiger partial charge in [-0.15, -0.1) is 0 Å². The SMILES string of the molecule is CC(C)Nc1cc(I)cc(Cl)n1. The molecule has 0 fully saturated rings. The van der Waals surface area contributed by atoms with E-state index in [9.17, 15) is 0 Å². The first-order valence-corrected chi connectivity index (χ1v) is 5.13. The molecule has 0 radical (unpaired) electrons. The lowest BCUT2D eigenvalue weighted by atomic mass is 10.4. The van der Waals surface area contributed by atoms with E-state index in [4.69, 9.17) is 11.6 Å². The van der Waals surface area contributed by atoms with Gasteiger partial charge in [0.1, 0.15) is 11.0 Å². The van der Waals surface area contributed by atoms with E-state index in [1.807, 2.05) is 12.1 Å². The summed E-state index contributed by atoms with van der Waals surface area (Å²) < 4.78 is 1.09. The Morgan fingerprint density at radius 1 is 1.50 bits per heavy atom. The highest BCUT2D eigenvalue weighted by atomic mass is 127. The van der Waals surface area contributed by atoms with Crippen molar-refractivity contribution in [3.63, 3.8) is 0 Å². The van der Waals surface area contributed by atoms with Crippen LogP contribution < -0.4 is 5.32 Å². The van der Waals surface area contributed by atoms with Crippen molar-refractivity contribution in [1.82, 2.24) is 4.98 Å². The number of aromatic nitrogens is 1. The van der Waals surface area contributed by atoms with Gasteiger partial charge in [-0.25, -0.2) is 4.98 Å². The Bertz CT molecular complexity index is 256. The molecule has 0 saturated heterocycles. The first kappa shape index (κ1) is 10.1. The highest BCUT2D eigenvalue weighted by molar-refractivity contribution is 14.1. The monoisotopic (exact) mass is 296 g/mol. The Labute approximate surface area is 90.9 Å². The summed E-state index contributed by atoms with van der Waals surface area (Å²) in [6.45, 7) is 4.13. The van der Waals surface area contributed by atoms with Crippen LogP contribution in [0.25, 0.3) is 0 Å². The summed E-state index contributed by atoms with van der Waals surface area (Å²) in [6.07, 6.45) is 0. The van der Waals surface area contributed by atoms with Gasteiger partial charge >= 0.3 is 0 Å². The van der Waals surface area contributed by atoms with Crippen molar-refractivity contribution in [2.24, 2.45) is 0 Å². The van der Waals surface area contributed by atoms with Gasteiger partial charge in [0.25, 0.3) is 0 Å². The predicted molar refractivity (Wildman–Crippen MR) is 60.7 cm³/mol. The Morgan fingerprint density at radius 2 is 2.17 bits per heavy atom. The van der Waals surface area contributed by atoms with E-state index >= 15 is 0 Å². The molecule has 1 rings (SSSR count). The molecule has 0 aliphatic carbocycles. The van der Waals surface area contributed by atoms with Gasteiger partial charge in [0, 0.05) is 9.61 Å². The summed E-state index contributed by atoms with van der Waals surface area (Å²) in [5, 5.41) is 3.72. The maximum atomic E-state index is 5.78. The second-order valence-electron chi connectivity index (χ2n) is 2.79. The van der Waals surface area contributed by atoms with Crippen LogP contribution in [0, 0.1) is 3.57 Å². The van der Waals surface area contributed by atoms with Gasteiger partial charge in [0.2, 0.25) is 0 Å². The third-order valence-corrected chi connectivity index (χ3v) is 2.01. The van der Waals surface area contributed by atoms with Crippen LogP contribution in [-0.4, -0.2) is 11.0 Å². The van der Waals surface area contributed by atoms with Crippen molar-refractivity contribution in [3.8, 4) is 0 Å². The topological polar surface area (TPSA) is 24.9 Å². The van der Waals surface area contributed by atoms with Gasteiger partial charge in [0.05, 0.1) is 0 Å². The molecule has 0 saturated carbocycles. The van der Waals surface area contributed by atoms with Crippen LogP contribution in [0.2, 0.25) is 5.15 Å². The lowest BCUT2D eigenvalue weighted by Crippen LogP contribution is -2.11. The second kappa shape index (κ2) is 4.28. The van der Waals surface area contributed by atoms with Crippen molar-refractivity contribution in [1.29, 1.82) is 0 Å². The lowest BCUT2D eigenvalue weighted by Gasteiger charge is -2.08. The minimum Gasteiger partial charge on any atom is -0.368 e. The maximum absolute atomic E-state index is 5.78.